The Morgan fingerprint density at radius 1 is 1.03 bits per heavy atom. The highest BCUT2D eigenvalue weighted by Gasteiger charge is 2.54. The fourth-order valence-corrected chi connectivity index (χ4v) is 7.46. The van der Waals surface area contributed by atoms with Crippen LogP contribution in [0.15, 0.2) is 24.3 Å². The number of ether oxygens (including phenoxy) is 1. The second-order valence-electron chi connectivity index (χ2n) is 11.3. The SMILES string of the molecule is Cc1cc2c(c(F)c1NC(=O)C13CC4CC(CC(C4)C1)C3)OC(C)C(=O)N2Cc1cc(F)cc(F)c1. The van der Waals surface area contributed by atoms with E-state index in [1.165, 1.54) is 31.1 Å². The van der Waals surface area contributed by atoms with Crippen molar-refractivity contribution in [2.24, 2.45) is 23.2 Å². The molecular formula is C28H29F3N2O3. The van der Waals surface area contributed by atoms with Crippen LogP contribution in [0.25, 0.3) is 0 Å². The van der Waals surface area contributed by atoms with Crippen LogP contribution < -0.4 is 15.0 Å². The van der Waals surface area contributed by atoms with E-state index in [0.29, 0.717) is 23.3 Å². The van der Waals surface area contributed by atoms with E-state index in [1.807, 2.05) is 0 Å². The van der Waals surface area contributed by atoms with E-state index in [0.717, 1.165) is 37.5 Å². The lowest BCUT2D eigenvalue weighted by Gasteiger charge is -2.55. The molecule has 190 valence electrons. The van der Waals surface area contributed by atoms with Crippen molar-refractivity contribution in [1.29, 1.82) is 0 Å². The second kappa shape index (κ2) is 8.25. The minimum absolute atomic E-state index is 0.0628. The van der Waals surface area contributed by atoms with Crippen molar-refractivity contribution >= 4 is 23.2 Å². The number of rotatable bonds is 4. The summed E-state index contributed by atoms with van der Waals surface area (Å²) in [6.45, 7) is 3.02. The van der Waals surface area contributed by atoms with Crippen molar-refractivity contribution in [1.82, 2.24) is 0 Å². The summed E-state index contributed by atoms with van der Waals surface area (Å²) in [5, 5.41) is 2.89. The Morgan fingerprint density at radius 2 is 1.61 bits per heavy atom. The number of nitrogens with zero attached hydrogens (tertiary/aromatic N) is 1. The number of nitrogens with one attached hydrogen (secondary N) is 1. The topological polar surface area (TPSA) is 58.6 Å². The summed E-state index contributed by atoms with van der Waals surface area (Å²) >= 11 is 0. The van der Waals surface area contributed by atoms with Gasteiger partial charge in [-0.1, -0.05) is 0 Å². The summed E-state index contributed by atoms with van der Waals surface area (Å²) in [5.41, 5.74) is 0.475. The zero-order valence-corrected chi connectivity index (χ0v) is 20.4. The van der Waals surface area contributed by atoms with E-state index in [1.54, 1.807) is 13.0 Å². The smallest absolute Gasteiger partial charge is 0.268 e. The van der Waals surface area contributed by atoms with Crippen LogP contribution in [0.5, 0.6) is 5.75 Å². The molecule has 0 aromatic heterocycles. The number of carbonyl (C=O) groups excluding carboxylic acids is 2. The molecule has 4 saturated carbocycles. The first kappa shape index (κ1) is 23.4. The molecule has 0 saturated heterocycles. The molecule has 36 heavy (non-hydrogen) atoms. The van der Waals surface area contributed by atoms with Gasteiger partial charge < -0.3 is 15.0 Å². The fourth-order valence-electron chi connectivity index (χ4n) is 7.46. The van der Waals surface area contributed by atoms with Gasteiger partial charge in [-0.05, 0) is 99.5 Å². The Hall–Kier alpha value is -3.03. The molecule has 2 amide bonds. The van der Waals surface area contributed by atoms with E-state index in [2.05, 4.69) is 5.32 Å². The first-order chi connectivity index (χ1) is 17.1. The maximum atomic E-state index is 15.9. The van der Waals surface area contributed by atoms with Crippen LogP contribution in [0.2, 0.25) is 0 Å². The Balaban J connectivity index is 1.32. The quantitative estimate of drug-likeness (QED) is 0.573. The van der Waals surface area contributed by atoms with Gasteiger partial charge in [-0.25, -0.2) is 13.2 Å². The van der Waals surface area contributed by atoms with Gasteiger partial charge in [-0.15, -0.1) is 0 Å². The number of aryl methyl sites for hydroxylation is 1. The van der Waals surface area contributed by atoms with Crippen LogP contribution in [-0.2, 0) is 16.1 Å². The van der Waals surface area contributed by atoms with Crippen LogP contribution in [0, 0.1) is 47.5 Å². The predicted molar refractivity (Wildman–Crippen MR) is 128 cm³/mol. The lowest BCUT2D eigenvalue weighted by Crippen LogP contribution is -2.52. The number of anilines is 2. The molecule has 8 heteroatoms. The average Bonchev–Trinajstić information content (AvgIpc) is 2.79. The highest BCUT2D eigenvalue weighted by molar-refractivity contribution is 6.02. The lowest BCUT2D eigenvalue weighted by molar-refractivity contribution is -0.140. The normalized spacial score (nSPS) is 30.2. The van der Waals surface area contributed by atoms with Gasteiger partial charge in [0.25, 0.3) is 5.91 Å². The fraction of sp³-hybridized carbons (Fsp3) is 0.500. The van der Waals surface area contributed by atoms with Crippen LogP contribution in [0.3, 0.4) is 0 Å². The van der Waals surface area contributed by atoms with Crippen LogP contribution in [-0.4, -0.2) is 17.9 Å². The summed E-state index contributed by atoms with van der Waals surface area (Å²) < 4.78 is 49.1. The van der Waals surface area contributed by atoms with E-state index in [9.17, 15) is 18.4 Å². The van der Waals surface area contributed by atoms with Crippen LogP contribution in [0.4, 0.5) is 24.5 Å². The predicted octanol–water partition coefficient (Wildman–Crippen LogP) is 5.88. The molecule has 4 bridgehead atoms. The molecule has 0 radical (unpaired) electrons. The van der Waals surface area contributed by atoms with Crippen LogP contribution >= 0.6 is 0 Å². The van der Waals surface area contributed by atoms with E-state index < -0.39 is 34.9 Å². The minimum atomic E-state index is -1.00. The highest BCUT2D eigenvalue weighted by Crippen LogP contribution is 2.60. The summed E-state index contributed by atoms with van der Waals surface area (Å²) in [4.78, 5) is 27.8. The van der Waals surface area contributed by atoms with E-state index >= 15 is 4.39 Å². The minimum Gasteiger partial charge on any atom is -0.476 e. The van der Waals surface area contributed by atoms with Gasteiger partial charge in [-0.3, -0.25) is 9.59 Å². The third-order valence-electron chi connectivity index (χ3n) is 8.62. The van der Waals surface area contributed by atoms with Crippen molar-refractivity contribution < 1.29 is 27.5 Å². The van der Waals surface area contributed by atoms with Gasteiger partial charge in [0, 0.05) is 6.07 Å². The molecule has 5 aliphatic rings. The highest BCUT2D eigenvalue weighted by atomic mass is 19.1. The maximum Gasteiger partial charge on any atom is 0.268 e. The molecule has 5 nitrogen and oxygen atoms in total. The molecule has 1 atom stereocenters. The van der Waals surface area contributed by atoms with Gasteiger partial charge in [0.2, 0.25) is 5.91 Å². The molecule has 1 N–H and O–H groups in total. The molecule has 2 aromatic rings. The van der Waals surface area contributed by atoms with E-state index in [4.69, 9.17) is 4.74 Å². The zero-order chi connectivity index (χ0) is 25.4. The summed E-state index contributed by atoms with van der Waals surface area (Å²) in [6, 6.07) is 4.62. The summed E-state index contributed by atoms with van der Waals surface area (Å²) in [7, 11) is 0. The van der Waals surface area contributed by atoms with Crippen molar-refractivity contribution in [3.63, 3.8) is 0 Å². The Morgan fingerprint density at radius 3 is 2.19 bits per heavy atom. The Bertz CT molecular complexity index is 1220. The number of benzene rings is 2. The first-order valence-corrected chi connectivity index (χ1v) is 12.7. The zero-order valence-electron chi connectivity index (χ0n) is 20.4. The molecule has 2 aromatic carbocycles. The molecule has 4 fully saturated rings. The molecule has 0 spiro atoms. The summed E-state index contributed by atoms with van der Waals surface area (Å²) in [6.07, 6.45) is 5.17. The molecular weight excluding hydrogens is 469 g/mol. The summed E-state index contributed by atoms with van der Waals surface area (Å²) in [5.74, 6) is -1.25. The number of carbonyl (C=O) groups is 2. The first-order valence-electron chi connectivity index (χ1n) is 12.7. The molecule has 1 heterocycles. The van der Waals surface area contributed by atoms with E-state index in [-0.39, 0.29) is 35.1 Å². The maximum absolute atomic E-state index is 15.9. The average molecular weight is 499 g/mol. The standard InChI is InChI=1S/C28H29F3N2O3/c1-14-3-22-25(36-15(2)26(34)33(22)13-19-7-20(29)9-21(30)8-19)23(31)24(14)32-27(35)28-10-16-4-17(11-28)6-18(5-16)12-28/h3,7-9,15-18H,4-6,10-13H2,1-2H3,(H,32,35). The number of halogens is 3. The van der Waals surface area contributed by atoms with Gasteiger partial charge >= 0.3 is 0 Å². The second-order valence-corrected chi connectivity index (χ2v) is 11.3. The third kappa shape index (κ3) is 3.76. The third-order valence-corrected chi connectivity index (χ3v) is 8.62. The van der Waals surface area contributed by atoms with Crippen molar-refractivity contribution in [3.8, 4) is 5.75 Å². The van der Waals surface area contributed by atoms with Crippen molar-refractivity contribution in [2.75, 3.05) is 10.2 Å². The monoisotopic (exact) mass is 498 g/mol. The van der Waals surface area contributed by atoms with Crippen molar-refractivity contribution in [2.45, 2.75) is 65.0 Å². The number of hydrogen-bond acceptors (Lipinski definition) is 3. The van der Waals surface area contributed by atoms with Crippen molar-refractivity contribution in [3.05, 3.63) is 52.8 Å². The number of fused-ring (bicyclic) bond motifs is 1. The molecule has 1 unspecified atom stereocenters. The van der Waals surface area contributed by atoms with Gasteiger partial charge in [0.1, 0.15) is 11.6 Å². The van der Waals surface area contributed by atoms with Crippen LogP contribution in [0.1, 0.15) is 56.6 Å². The number of hydrogen-bond donors (Lipinski definition) is 1. The Kier molecular flexibility index (Phi) is 5.36. The molecule has 4 aliphatic carbocycles. The lowest BCUT2D eigenvalue weighted by atomic mass is 9.49. The van der Waals surface area contributed by atoms with Gasteiger partial charge in [0.15, 0.2) is 17.7 Å². The van der Waals surface area contributed by atoms with Gasteiger partial charge in [0.05, 0.1) is 23.3 Å². The number of amides is 2. The Labute approximate surface area is 208 Å². The van der Waals surface area contributed by atoms with Gasteiger partial charge in [-0.2, -0.15) is 0 Å². The molecule has 7 rings (SSSR count). The molecule has 1 aliphatic heterocycles. The largest absolute Gasteiger partial charge is 0.476 e.